The summed E-state index contributed by atoms with van der Waals surface area (Å²) in [5.41, 5.74) is 5.20. The lowest BCUT2D eigenvalue weighted by atomic mass is 9.87. The van der Waals surface area contributed by atoms with Crippen LogP contribution in [0.4, 0.5) is 0 Å². The zero-order chi connectivity index (χ0) is 14.0. The molecule has 1 aliphatic rings. The van der Waals surface area contributed by atoms with E-state index in [1.54, 1.807) is 16.3 Å². The van der Waals surface area contributed by atoms with Gasteiger partial charge in [-0.1, -0.05) is 25.6 Å². The molecule has 1 aromatic heterocycles. The van der Waals surface area contributed by atoms with E-state index in [1.165, 1.54) is 0 Å². The SMILES string of the molecule is CC(C)(CCCSc1n[nH]c(=O)n1C1CC1)C(=N)N. The molecule has 1 aromatic rings. The fourth-order valence-electron chi connectivity index (χ4n) is 1.86. The number of amidine groups is 1. The lowest BCUT2D eigenvalue weighted by molar-refractivity contribution is 0.464. The topological polar surface area (TPSA) is 101 Å². The number of aromatic amines is 1. The molecule has 0 saturated heterocycles. The summed E-state index contributed by atoms with van der Waals surface area (Å²) in [6, 6.07) is 0.349. The summed E-state index contributed by atoms with van der Waals surface area (Å²) in [6.45, 7) is 3.96. The normalized spacial score (nSPS) is 15.7. The molecule has 0 amide bonds. The number of aromatic nitrogens is 3. The maximum absolute atomic E-state index is 11.6. The molecule has 1 heterocycles. The Bertz CT molecular complexity index is 514. The Hall–Kier alpha value is -1.24. The predicted molar refractivity (Wildman–Crippen MR) is 76.8 cm³/mol. The molecule has 7 heteroatoms. The summed E-state index contributed by atoms with van der Waals surface area (Å²) in [6.07, 6.45) is 3.96. The molecule has 0 unspecified atom stereocenters. The molecule has 0 aromatic carbocycles. The Morgan fingerprint density at radius 2 is 2.32 bits per heavy atom. The average Bonchev–Trinajstić information content (AvgIpc) is 3.09. The van der Waals surface area contributed by atoms with Crippen LogP contribution in [0.2, 0.25) is 0 Å². The van der Waals surface area contributed by atoms with Crippen molar-refractivity contribution in [1.29, 1.82) is 5.41 Å². The van der Waals surface area contributed by atoms with Crippen LogP contribution in [0.5, 0.6) is 0 Å². The van der Waals surface area contributed by atoms with Crippen molar-refractivity contribution in [3.63, 3.8) is 0 Å². The minimum absolute atomic E-state index is 0.103. The van der Waals surface area contributed by atoms with Crippen LogP contribution in [-0.2, 0) is 0 Å². The predicted octanol–water partition coefficient (Wildman–Crippen LogP) is 1.74. The minimum Gasteiger partial charge on any atom is -0.387 e. The second-order valence-electron chi connectivity index (χ2n) is 5.66. The quantitative estimate of drug-likeness (QED) is 0.307. The van der Waals surface area contributed by atoms with Crippen molar-refractivity contribution in [2.75, 3.05) is 5.75 Å². The molecule has 1 saturated carbocycles. The van der Waals surface area contributed by atoms with Gasteiger partial charge in [0.1, 0.15) is 0 Å². The number of nitrogens with zero attached hydrogens (tertiary/aromatic N) is 2. The van der Waals surface area contributed by atoms with Gasteiger partial charge in [-0.25, -0.2) is 9.89 Å². The average molecular weight is 283 g/mol. The van der Waals surface area contributed by atoms with Crippen molar-refractivity contribution in [3.8, 4) is 0 Å². The van der Waals surface area contributed by atoms with Crippen LogP contribution in [0.1, 0.15) is 45.6 Å². The zero-order valence-corrected chi connectivity index (χ0v) is 12.2. The van der Waals surface area contributed by atoms with Crippen molar-refractivity contribution < 1.29 is 0 Å². The van der Waals surface area contributed by atoms with E-state index in [0.717, 1.165) is 36.6 Å². The van der Waals surface area contributed by atoms with Crippen LogP contribution in [0.15, 0.2) is 9.95 Å². The van der Waals surface area contributed by atoms with E-state index in [1.807, 2.05) is 13.8 Å². The van der Waals surface area contributed by atoms with Crippen LogP contribution in [0.3, 0.4) is 0 Å². The van der Waals surface area contributed by atoms with E-state index in [9.17, 15) is 4.79 Å². The first-order valence-electron chi connectivity index (χ1n) is 6.56. The molecule has 0 atom stereocenters. The number of hydrogen-bond acceptors (Lipinski definition) is 4. The van der Waals surface area contributed by atoms with Crippen LogP contribution in [0.25, 0.3) is 0 Å². The van der Waals surface area contributed by atoms with E-state index < -0.39 is 0 Å². The van der Waals surface area contributed by atoms with E-state index >= 15 is 0 Å². The van der Waals surface area contributed by atoms with Gasteiger partial charge >= 0.3 is 5.69 Å². The van der Waals surface area contributed by atoms with E-state index in [2.05, 4.69) is 10.2 Å². The largest absolute Gasteiger partial charge is 0.387 e. The van der Waals surface area contributed by atoms with Gasteiger partial charge in [0.05, 0.1) is 5.84 Å². The van der Waals surface area contributed by atoms with Crippen molar-refractivity contribution in [2.24, 2.45) is 11.1 Å². The second kappa shape index (κ2) is 5.40. The Morgan fingerprint density at radius 3 is 2.89 bits per heavy atom. The third-order valence-electron chi connectivity index (χ3n) is 3.49. The first-order valence-corrected chi connectivity index (χ1v) is 7.54. The van der Waals surface area contributed by atoms with Gasteiger partial charge in [-0.05, 0) is 25.7 Å². The van der Waals surface area contributed by atoms with Gasteiger partial charge < -0.3 is 5.73 Å². The van der Waals surface area contributed by atoms with Gasteiger partial charge in [0.15, 0.2) is 5.16 Å². The van der Waals surface area contributed by atoms with Gasteiger partial charge in [-0.3, -0.25) is 9.98 Å². The maximum atomic E-state index is 11.6. The molecule has 0 radical (unpaired) electrons. The fourth-order valence-corrected chi connectivity index (χ4v) is 2.81. The third kappa shape index (κ3) is 3.40. The van der Waals surface area contributed by atoms with Gasteiger partial charge in [-0.2, -0.15) is 0 Å². The molecular weight excluding hydrogens is 262 g/mol. The molecule has 1 aliphatic carbocycles. The molecular formula is C12H21N5OS. The Kier molecular flexibility index (Phi) is 4.03. The zero-order valence-electron chi connectivity index (χ0n) is 11.4. The molecule has 4 N–H and O–H groups in total. The van der Waals surface area contributed by atoms with Gasteiger partial charge in [0, 0.05) is 17.2 Å². The molecule has 1 fully saturated rings. The molecule has 19 heavy (non-hydrogen) atoms. The van der Waals surface area contributed by atoms with Crippen molar-refractivity contribution in [1.82, 2.24) is 14.8 Å². The van der Waals surface area contributed by atoms with Crippen molar-refractivity contribution in [2.45, 2.75) is 50.7 Å². The number of rotatable bonds is 7. The van der Waals surface area contributed by atoms with E-state index in [-0.39, 0.29) is 16.9 Å². The van der Waals surface area contributed by atoms with Crippen LogP contribution in [0, 0.1) is 10.8 Å². The molecule has 6 nitrogen and oxygen atoms in total. The summed E-state index contributed by atoms with van der Waals surface area (Å²) in [5.74, 6) is 1.11. The Balaban J connectivity index is 1.83. The molecule has 0 aliphatic heterocycles. The van der Waals surface area contributed by atoms with Gasteiger partial charge in [0.2, 0.25) is 0 Å². The smallest absolute Gasteiger partial charge is 0.344 e. The lowest BCUT2D eigenvalue weighted by Gasteiger charge is -2.22. The Morgan fingerprint density at radius 1 is 1.63 bits per heavy atom. The third-order valence-corrected chi connectivity index (χ3v) is 4.53. The standard InChI is InChI=1S/C12H21N5OS/c1-12(2,9(13)14)6-3-7-19-11-16-15-10(18)17(11)8-4-5-8/h8H,3-7H2,1-2H3,(H3,13,14)(H,15,18). The first kappa shape index (κ1) is 14.2. The maximum Gasteiger partial charge on any atom is 0.344 e. The van der Waals surface area contributed by atoms with E-state index in [0.29, 0.717) is 6.04 Å². The molecule has 106 valence electrons. The Labute approximate surface area is 116 Å². The summed E-state index contributed by atoms with van der Waals surface area (Å²) in [4.78, 5) is 11.6. The molecule has 2 rings (SSSR count). The van der Waals surface area contributed by atoms with E-state index in [4.69, 9.17) is 11.1 Å². The summed E-state index contributed by atoms with van der Waals surface area (Å²) < 4.78 is 1.76. The molecule has 0 bridgehead atoms. The van der Waals surface area contributed by atoms with Gasteiger partial charge in [0.25, 0.3) is 0 Å². The second-order valence-corrected chi connectivity index (χ2v) is 6.72. The monoisotopic (exact) mass is 283 g/mol. The summed E-state index contributed by atoms with van der Waals surface area (Å²) in [5, 5.41) is 14.9. The van der Waals surface area contributed by atoms with Crippen molar-refractivity contribution in [3.05, 3.63) is 10.5 Å². The fraction of sp³-hybridized carbons (Fsp3) is 0.750. The molecule has 0 spiro atoms. The number of H-pyrrole nitrogens is 1. The highest BCUT2D eigenvalue weighted by molar-refractivity contribution is 7.99. The lowest BCUT2D eigenvalue weighted by Crippen LogP contribution is -2.30. The highest BCUT2D eigenvalue weighted by Gasteiger charge is 2.28. The van der Waals surface area contributed by atoms with Crippen molar-refractivity contribution >= 4 is 17.6 Å². The highest BCUT2D eigenvalue weighted by atomic mass is 32.2. The summed E-state index contributed by atoms with van der Waals surface area (Å²) >= 11 is 1.60. The number of hydrogen-bond donors (Lipinski definition) is 3. The van der Waals surface area contributed by atoms with Crippen LogP contribution < -0.4 is 11.4 Å². The van der Waals surface area contributed by atoms with Crippen LogP contribution in [-0.4, -0.2) is 26.4 Å². The first-order chi connectivity index (χ1) is 8.92. The summed E-state index contributed by atoms with van der Waals surface area (Å²) in [7, 11) is 0. The highest BCUT2D eigenvalue weighted by Crippen LogP contribution is 2.36. The van der Waals surface area contributed by atoms with Crippen LogP contribution >= 0.6 is 11.8 Å². The number of nitrogens with two attached hydrogens (primary N) is 1. The minimum atomic E-state index is -0.248. The van der Waals surface area contributed by atoms with Gasteiger partial charge in [-0.15, -0.1) is 5.10 Å². The number of nitrogens with one attached hydrogen (secondary N) is 2. The number of thioether (sulfide) groups is 1.